The third-order valence-corrected chi connectivity index (χ3v) is 2.33. The number of carbonyl (C=O) groups is 2. The zero-order chi connectivity index (χ0) is 15.1. The van der Waals surface area contributed by atoms with Crippen LogP contribution in [0.3, 0.4) is 0 Å². The van der Waals surface area contributed by atoms with Crippen LogP contribution in [-0.2, 0) is 16.0 Å². The predicted molar refractivity (Wildman–Crippen MR) is 63.4 cm³/mol. The summed E-state index contributed by atoms with van der Waals surface area (Å²) < 4.78 is 28.0. The van der Waals surface area contributed by atoms with E-state index in [4.69, 9.17) is 10.2 Å². The van der Waals surface area contributed by atoms with Crippen molar-refractivity contribution in [3.05, 3.63) is 29.8 Å². The summed E-state index contributed by atoms with van der Waals surface area (Å²) in [5.41, 5.74) is 0.492. The number of amides is 1. The van der Waals surface area contributed by atoms with Gasteiger partial charge in [-0.3, -0.25) is 4.79 Å². The van der Waals surface area contributed by atoms with E-state index in [0.29, 0.717) is 5.56 Å². The van der Waals surface area contributed by atoms with Gasteiger partial charge in [0.05, 0.1) is 13.0 Å². The predicted octanol–water partition coefficient (Wildman–Crippen LogP) is 0.392. The highest BCUT2D eigenvalue weighted by Gasteiger charge is 2.18. The second-order valence-corrected chi connectivity index (χ2v) is 3.84. The Morgan fingerprint density at radius 3 is 2.30 bits per heavy atom. The van der Waals surface area contributed by atoms with E-state index in [-0.39, 0.29) is 12.2 Å². The van der Waals surface area contributed by atoms with Gasteiger partial charge in [-0.2, -0.15) is 8.78 Å². The van der Waals surface area contributed by atoms with Gasteiger partial charge in [-0.05, 0) is 17.7 Å². The number of aliphatic hydroxyl groups is 1. The lowest BCUT2D eigenvalue weighted by atomic mass is 10.1. The van der Waals surface area contributed by atoms with Crippen LogP contribution in [0.4, 0.5) is 8.78 Å². The van der Waals surface area contributed by atoms with Crippen molar-refractivity contribution < 1.29 is 33.3 Å². The minimum Gasteiger partial charge on any atom is -0.480 e. The van der Waals surface area contributed by atoms with Crippen molar-refractivity contribution in [2.24, 2.45) is 0 Å². The standard InChI is InChI=1S/C12H13F2NO5/c13-12(14)20-8-3-1-7(2-4-8)5-10(17)15-9(6-16)11(18)19/h1-4,9,12,16H,5-6H2,(H,15,17)(H,18,19)/t9-/m0/s1. The van der Waals surface area contributed by atoms with Gasteiger partial charge in [-0.25, -0.2) is 4.79 Å². The van der Waals surface area contributed by atoms with Crippen LogP contribution in [0.5, 0.6) is 5.75 Å². The molecule has 1 rings (SSSR count). The molecule has 1 amide bonds. The number of rotatable bonds is 7. The number of hydrogen-bond acceptors (Lipinski definition) is 4. The molecule has 8 heteroatoms. The number of alkyl halides is 2. The van der Waals surface area contributed by atoms with E-state index in [1.807, 2.05) is 0 Å². The summed E-state index contributed by atoms with van der Waals surface area (Å²) in [6.45, 7) is -3.65. The molecule has 0 saturated carbocycles. The van der Waals surface area contributed by atoms with Crippen molar-refractivity contribution in [2.45, 2.75) is 19.1 Å². The van der Waals surface area contributed by atoms with Gasteiger partial charge in [0.25, 0.3) is 0 Å². The quantitative estimate of drug-likeness (QED) is 0.675. The van der Waals surface area contributed by atoms with Gasteiger partial charge in [-0.1, -0.05) is 12.1 Å². The van der Waals surface area contributed by atoms with Crippen molar-refractivity contribution in [3.8, 4) is 5.75 Å². The average Bonchev–Trinajstić information content (AvgIpc) is 2.37. The first-order valence-corrected chi connectivity index (χ1v) is 5.59. The van der Waals surface area contributed by atoms with Crippen LogP contribution in [0.15, 0.2) is 24.3 Å². The molecule has 3 N–H and O–H groups in total. The summed E-state index contributed by atoms with van der Waals surface area (Å²) in [5.74, 6) is -1.99. The van der Waals surface area contributed by atoms with E-state index in [1.54, 1.807) is 0 Å². The molecule has 6 nitrogen and oxygen atoms in total. The summed E-state index contributed by atoms with van der Waals surface area (Å²) in [6, 6.07) is 3.99. The molecule has 1 aromatic carbocycles. The molecule has 0 aliphatic rings. The number of halogens is 2. The molecule has 1 aromatic rings. The summed E-state index contributed by atoms with van der Waals surface area (Å²) >= 11 is 0. The van der Waals surface area contributed by atoms with Gasteiger partial charge in [0.2, 0.25) is 5.91 Å². The first kappa shape index (κ1) is 15.8. The number of aliphatic hydroxyl groups excluding tert-OH is 1. The van der Waals surface area contributed by atoms with E-state index in [2.05, 4.69) is 10.1 Å². The van der Waals surface area contributed by atoms with Crippen LogP contribution >= 0.6 is 0 Å². The molecule has 0 spiro atoms. The Morgan fingerprint density at radius 2 is 1.85 bits per heavy atom. The van der Waals surface area contributed by atoms with Crippen molar-refractivity contribution in [1.29, 1.82) is 0 Å². The summed E-state index contributed by atoms with van der Waals surface area (Å²) in [4.78, 5) is 22.1. The molecule has 1 atom stereocenters. The Morgan fingerprint density at radius 1 is 1.25 bits per heavy atom. The minimum absolute atomic E-state index is 0.0390. The van der Waals surface area contributed by atoms with E-state index in [1.165, 1.54) is 24.3 Å². The lowest BCUT2D eigenvalue weighted by Gasteiger charge is -2.11. The maximum atomic E-state index is 11.9. The molecule has 0 aromatic heterocycles. The van der Waals surface area contributed by atoms with Gasteiger partial charge in [0.15, 0.2) is 0 Å². The molecule has 0 bridgehead atoms. The Kier molecular flexibility index (Phi) is 5.85. The van der Waals surface area contributed by atoms with Crippen LogP contribution in [0.2, 0.25) is 0 Å². The highest BCUT2D eigenvalue weighted by molar-refractivity contribution is 5.84. The molecule has 20 heavy (non-hydrogen) atoms. The molecule has 110 valence electrons. The number of aliphatic carboxylic acids is 1. The third kappa shape index (κ3) is 5.19. The molecule has 0 saturated heterocycles. The topological polar surface area (TPSA) is 95.9 Å². The molecule has 0 unspecified atom stereocenters. The lowest BCUT2D eigenvalue weighted by molar-refractivity contribution is -0.142. The SMILES string of the molecule is O=C(Cc1ccc(OC(F)F)cc1)N[C@@H](CO)C(=O)O. The summed E-state index contributed by atoms with van der Waals surface area (Å²) in [7, 11) is 0. The Hall–Kier alpha value is -2.22. The largest absolute Gasteiger partial charge is 0.480 e. The van der Waals surface area contributed by atoms with Crippen molar-refractivity contribution in [2.75, 3.05) is 6.61 Å². The Balaban J connectivity index is 2.55. The van der Waals surface area contributed by atoms with Crippen molar-refractivity contribution in [1.82, 2.24) is 5.32 Å². The molecular weight excluding hydrogens is 276 g/mol. The highest BCUT2D eigenvalue weighted by Crippen LogP contribution is 2.15. The first-order valence-electron chi connectivity index (χ1n) is 5.59. The zero-order valence-electron chi connectivity index (χ0n) is 10.3. The molecule has 0 fully saturated rings. The van der Waals surface area contributed by atoms with E-state index < -0.39 is 31.1 Å². The van der Waals surface area contributed by atoms with Crippen LogP contribution < -0.4 is 10.1 Å². The smallest absolute Gasteiger partial charge is 0.387 e. The average molecular weight is 289 g/mol. The zero-order valence-corrected chi connectivity index (χ0v) is 10.3. The Bertz CT molecular complexity index is 463. The second-order valence-electron chi connectivity index (χ2n) is 3.84. The van der Waals surface area contributed by atoms with Crippen molar-refractivity contribution >= 4 is 11.9 Å². The van der Waals surface area contributed by atoms with Gasteiger partial charge >= 0.3 is 12.6 Å². The van der Waals surface area contributed by atoms with Gasteiger partial charge in [-0.15, -0.1) is 0 Å². The third-order valence-electron chi connectivity index (χ3n) is 2.33. The Labute approximate surface area is 113 Å². The molecule has 0 aliphatic carbocycles. The monoisotopic (exact) mass is 289 g/mol. The number of carboxylic acids is 1. The fraction of sp³-hybridized carbons (Fsp3) is 0.333. The van der Waals surface area contributed by atoms with Crippen molar-refractivity contribution in [3.63, 3.8) is 0 Å². The lowest BCUT2D eigenvalue weighted by Crippen LogP contribution is -2.43. The molecule has 0 radical (unpaired) electrons. The fourth-order valence-electron chi connectivity index (χ4n) is 1.40. The van der Waals surface area contributed by atoms with Gasteiger partial charge in [0.1, 0.15) is 11.8 Å². The van der Waals surface area contributed by atoms with Crippen LogP contribution in [0, 0.1) is 0 Å². The maximum Gasteiger partial charge on any atom is 0.387 e. The van der Waals surface area contributed by atoms with Crippen LogP contribution in [0.1, 0.15) is 5.56 Å². The van der Waals surface area contributed by atoms with Crippen LogP contribution in [-0.4, -0.2) is 41.3 Å². The number of carboxylic acid groups (broad SMARTS) is 1. The van der Waals surface area contributed by atoms with E-state index >= 15 is 0 Å². The first-order chi connectivity index (χ1) is 9.42. The fourth-order valence-corrected chi connectivity index (χ4v) is 1.40. The maximum absolute atomic E-state index is 11.9. The molecular formula is C12H13F2NO5. The molecule has 0 aliphatic heterocycles. The summed E-state index contributed by atoms with van der Waals surface area (Å²) in [5, 5.41) is 19.5. The minimum atomic E-state index is -2.93. The van der Waals surface area contributed by atoms with E-state index in [9.17, 15) is 18.4 Å². The van der Waals surface area contributed by atoms with Gasteiger partial charge in [0, 0.05) is 0 Å². The number of benzene rings is 1. The van der Waals surface area contributed by atoms with E-state index in [0.717, 1.165) is 0 Å². The van der Waals surface area contributed by atoms with Crippen LogP contribution in [0.25, 0.3) is 0 Å². The molecule has 0 heterocycles. The number of nitrogens with one attached hydrogen (secondary N) is 1. The number of ether oxygens (including phenoxy) is 1. The number of carbonyl (C=O) groups excluding carboxylic acids is 1. The van der Waals surface area contributed by atoms with Gasteiger partial charge < -0.3 is 20.3 Å². The normalized spacial score (nSPS) is 12.0. The number of hydrogen-bond donors (Lipinski definition) is 3. The second kappa shape index (κ2) is 7.39. The highest BCUT2D eigenvalue weighted by atomic mass is 19.3. The summed E-state index contributed by atoms with van der Waals surface area (Å²) in [6.07, 6.45) is -0.140.